The number of oxime groups is 2. The molecular weight excluding hydrogens is 296 g/mol. The van der Waals surface area contributed by atoms with E-state index in [0.29, 0.717) is 0 Å². The molecule has 1 rings (SSSR count). The van der Waals surface area contributed by atoms with Gasteiger partial charge in [-0.15, -0.1) is 0 Å². The Labute approximate surface area is 121 Å². The topological polar surface area (TPSA) is 136 Å². The SMILES string of the molecule is CCS(=O)(=O)ON=C(C#N)c1cccc(C(C#N)=NO)c1. The quantitative estimate of drug-likeness (QED) is 0.489. The van der Waals surface area contributed by atoms with Crippen LogP contribution in [0.3, 0.4) is 0 Å². The average Bonchev–Trinajstić information content (AvgIpc) is 2.49. The summed E-state index contributed by atoms with van der Waals surface area (Å²) in [4.78, 5) is 0. The second kappa shape index (κ2) is 7.03. The molecule has 8 nitrogen and oxygen atoms in total. The van der Waals surface area contributed by atoms with Gasteiger partial charge in [0, 0.05) is 11.1 Å². The molecule has 0 atom stereocenters. The van der Waals surface area contributed by atoms with E-state index in [1.807, 2.05) is 0 Å². The Morgan fingerprint density at radius 2 is 1.86 bits per heavy atom. The van der Waals surface area contributed by atoms with Gasteiger partial charge < -0.3 is 5.21 Å². The van der Waals surface area contributed by atoms with E-state index in [-0.39, 0.29) is 28.3 Å². The molecule has 0 amide bonds. The highest BCUT2D eigenvalue weighted by Crippen LogP contribution is 2.09. The van der Waals surface area contributed by atoms with E-state index in [4.69, 9.17) is 15.7 Å². The van der Waals surface area contributed by atoms with Crippen LogP contribution < -0.4 is 0 Å². The minimum absolute atomic E-state index is 0.220. The largest absolute Gasteiger partial charge is 0.410 e. The van der Waals surface area contributed by atoms with E-state index in [9.17, 15) is 8.42 Å². The van der Waals surface area contributed by atoms with Gasteiger partial charge in [0.25, 0.3) is 0 Å². The third-order valence-corrected chi connectivity index (χ3v) is 3.33. The molecule has 0 saturated heterocycles. The Bertz CT molecular complexity index is 769. The lowest BCUT2D eigenvalue weighted by Gasteiger charge is -2.02. The van der Waals surface area contributed by atoms with Crippen molar-refractivity contribution in [1.29, 1.82) is 10.5 Å². The summed E-state index contributed by atoms with van der Waals surface area (Å²) in [5, 5.41) is 32.5. The standard InChI is InChI=1S/C12H10N4O4S/c1-2-21(18,19)20-16-12(8-14)10-5-3-4-9(6-10)11(7-13)15-17/h3-6,17H,2H2,1H3. The van der Waals surface area contributed by atoms with Crippen LogP contribution in [0.15, 0.2) is 34.6 Å². The van der Waals surface area contributed by atoms with Crippen LogP contribution in [0.4, 0.5) is 0 Å². The van der Waals surface area contributed by atoms with Gasteiger partial charge in [0.1, 0.15) is 12.1 Å². The molecule has 0 fully saturated rings. The van der Waals surface area contributed by atoms with Crippen molar-refractivity contribution >= 4 is 21.5 Å². The van der Waals surface area contributed by atoms with E-state index in [1.54, 1.807) is 12.1 Å². The number of hydrogen-bond donors (Lipinski definition) is 1. The maximum atomic E-state index is 11.2. The molecule has 0 saturated carbocycles. The molecule has 0 unspecified atom stereocenters. The van der Waals surface area contributed by atoms with E-state index in [2.05, 4.69) is 14.6 Å². The van der Waals surface area contributed by atoms with E-state index >= 15 is 0 Å². The fraction of sp³-hybridized carbons (Fsp3) is 0.167. The third kappa shape index (κ3) is 4.30. The summed E-state index contributed by atoms with van der Waals surface area (Å²) in [6.07, 6.45) is 0. The second-order valence-corrected chi connectivity index (χ2v) is 5.46. The van der Waals surface area contributed by atoms with Crippen LogP contribution in [-0.4, -0.2) is 30.8 Å². The number of benzene rings is 1. The normalized spacial score (nSPS) is 12.3. The molecule has 0 aliphatic heterocycles. The Morgan fingerprint density at radius 3 is 2.33 bits per heavy atom. The van der Waals surface area contributed by atoms with Crippen molar-refractivity contribution in [2.24, 2.45) is 10.3 Å². The molecule has 1 aromatic carbocycles. The van der Waals surface area contributed by atoms with Crippen molar-refractivity contribution in [3.05, 3.63) is 35.4 Å². The molecule has 0 radical (unpaired) electrons. The van der Waals surface area contributed by atoms with Crippen LogP contribution in [-0.2, 0) is 14.4 Å². The monoisotopic (exact) mass is 306 g/mol. The summed E-state index contributed by atoms with van der Waals surface area (Å²) < 4.78 is 26.7. The van der Waals surface area contributed by atoms with Crippen molar-refractivity contribution in [2.45, 2.75) is 6.92 Å². The lowest BCUT2D eigenvalue weighted by atomic mass is 10.0. The summed E-state index contributed by atoms with van der Waals surface area (Å²) in [7, 11) is -3.82. The highest BCUT2D eigenvalue weighted by atomic mass is 32.2. The first-order valence-corrected chi connectivity index (χ1v) is 7.17. The van der Waals surface area contributed by atoms with Gasteiger partial charge in [-0.2, -0.15) is 18.9 Å². The van der Waals surface area contributed by atoms with Gasteiger partial charge in [0.05, 0.1) is 5.75 Å². The first-order chi connectivity index (χ1) is 9.97. The maximum absolute atomic E-state index is 11.2. The zero-order valence-corrected chi connectivity index (χ0v) is 11.7. The van der Waals surface area contributed by atoms with Gasteiger partial charge >= 0.3 is 10.1 Å². The molecule has 0 spiro atoms. The van der Waals surface area contributed by atoms with Crippen LogP contribution in [0.2, 0.25) is 0 Å². The predicted octanol–water partition coefficient (Wildman–Crippen LogP) is 0.982. The molecule has 9 heteroatoms. The lowest BCUT2D eigenvalue weighted by Crippen LogP contribution is -2.08. The third-order valence-electron chi connectivity index (χ3n) is 2.32. The molecule has 1 aromatic rings. The van der Waals surface area contributed by atoms with E-state index in [1.165, 1.54) is 31.2 Å². The van der Waals surface area contributed by atoms with Crippen LogP contribution >= 0.6 is 0 Å². The van der Waals surface area contributed by atoms with E-state index in [0.717, 1.165) is 0 Å². The Hall–Kier alpha value is -2.91. The molecular formula is C12H10N4O4S. The maximum Gasteiger partial charge on any atom is 0.328 e. The van der Waals surface area contributed by atoms with Crippen molar-refractivity contribution in [1.82, 2.24) is 0 Å². The molecule has 0 aliphatic rings. The predicted molar refractivity (Wildman–Crippen MR) is 73.1 cm³/mol. The fourth-order valence-corrected chi connectivity index (χ4v) is 1.54. The minimum atomic E-state index is -3.82. The second-order valence-electron chi connectivity index (χ2n) is 3.61. The molecule has 1 N–H and O–H groups in total. The van der Waals surface area contributed by atoms with Gasteiger partial charge in [-0.25, -0.2) is 0 Å². The van der Waals surface area contributed by atoms with Gasteiger partial charge in [-0.3, -0.25) is 4.28 Å². The molecule has 0 aliphatic carbocycles. The minimum Gasteiger partial charge on any atom is -0.410 e. The van der Waals surface area contributed by atoms with Crippen LogP contribution in [0, 0.1) is 22.7 Å². The lowest BCUT2D eigenvalue weighted by molar-refractivity contribution is 0.320. The Morgan fingerprint density at radius 1 is 1.29 bits per heavy atom. The first-order valence-electron chi connectivity index (χ1n) is 5.59. The molecule has 0 aromatic heterocycles. The summed E-state index contributed by atoms with van der Waals surface area (Å²) in [5.74, 6) is -0.287. The van der Waals surface area contributed by atoms with Crippen molar-refractivity contribution in [3.63, 3.8) is 0 Å². The molecule has 0 heterocycles. The molecule has 0 bridgehead atoms. The molecule has 21 heavy (non-hydrogen) atoms. The average molecular weight is 306 g/mol. The van der Waals surface area contributed by atoms with Gasteiger partial charge in [0.2, 0.25) is 0 Å². The Kier molecular flexibility index (Phi) is 5.40. The summed E-state index contributed by atoms with van der Waals surface area (Å²) in [6, 6.07) is 9.16. The Balaban J connectivity index is 3.20. The highest BCUT2D eigenvalue weighted by Gasteiger charge is 2.11. The fourth-order valence-electron chi connectivity index (χ4n) is 1.24. The van der Waals surface area contributed by atoms with Crippen LogP contribution in [0.5, 0.6) is 0 Å². The van der Waals surface area contributed by atoms with Crippen molar-refractivity contribution in [3.8, 4) is 12.1 Å². The zero-order chi connectivity index (χ0) is 15.9. The van der Waals surface area contributed by atoms with Crippen LogP contribution in [0.25, 0.3) is 0 Å². The number of nitrogens with zero attached hydrogens (tertiary/aromatic N) is 4. The molecule has 108 valence electrons. The highest BCUT2D eigenvalue weighted by molar-refractivity contribution is 7.86. The summed E-state index contributed by atoms with van der Waals surface area (Å²) >= 11 is 0. The number of rotatable bonds is 5. The smallest absolute Gasteiger partial charge is 0.328 e. The van der Waals surface area contributed by atoms with Crippen LogP contribution in [0.1, 0.15) is 18.1 Å². The van der Waals surface area contributed by atoms with Crippen molar-refractivity contribution < 1.29 is 17.9 Å². The number of hydrogen-bond acceptors (Lipinski definition) is 8. The summed E-state index contributed by atoms with van der Waals surface area (Å²) in [5.41, 5.74) is -0.0724. The van der Waals surface area contributed by atoms with Gasteiger partial charge in [-0.1, -0.05) is 28.5 Å². The van der Waals surface area contributed by atoms with Gasteiger partial charge in [0.15, 0.2) is 11.4 Å². The summed E-state index contributed by atoms with van der Waals surface area (Å²) in [6.45, 7) is 1.37. The van der Waals surface area contributed by atoms with Gasteiger partial charge in [-0.05, 0) is 13.0 Å². The van der Waals surface area contributed by atoms with E-state index < -0.39 is 10.1 Å². The first kappa shape index (κ1) is 16.1. The van der Waals surface area contributed by atoms with Crippen molar-refractivity contribution in [2.75, 3.05) is 5.75 Å². The zero-order valence-electron chi connectivity index (χ0n) is 10.9. The number of nitriles is 2.